The Morgan fingerprint density at radius 1 is 1.50 bits per heavy atom. The summed E-state index contributed by atoms with van der Waals surface area (Å²) in [6.45, 7) is 5.18. The van der Waals surface area contributed by atoms with Gasteiger partial charge in [-0.25, -0.2) is 0 Å². The summed E-state index contributed by atoms with van der Waals surface area (Å²) >= 11 is 11.2. The fraction of sp³-hybridized carbons (Fsp3) is 0.385. The molecule has 0 amide bonds. The third-order valence-electron chi connectivity index (χ3n) is 2.64. The van der Waals surface area contributed by atoms with Crippen molar-refractivity contribution in [3.05, 3.63) is 43.4 Å². The van der Waals surface area contributed by atoms with E-state index in [1.165, 1.54) is 14.2 Å². The minimum Gasteiger partial charge on any atom is -0.448 e. The lowest BCUT2D eigenvalue weighted by molar-refractivity contribution is 0.451. The van der Waals surface area contributed by atoms with Crippen molar-refractivity contribution in [2.24, 2.45) is 0 Å². The lowest BCUT2D eigenvalue weighted by atomic mass is 10.1. The topological polar surface area (TPSA) is 25.2 Å². The maximum absolute atomic E-state index is 5.86. The van der Waals surface area contributed by atoms with E-state index in [1.807, 2.05) is 6.07 Å². The van der Waals surface area contributed by atoms with E-state index in [0.717, 1.165) is 18.7 Å². The van der Waals surface area contributed by atoms with Gasteiger partial charge in [0.05, 0.1) is 3.79 Å². The summed E-state index contributed by atoms with van der Waals surface area (Å²) in [7, 11) is 0. The van der Waals surface area contributed by atoms with Gasteiger partial charge in [-0.05, 0) is 71.2 Å². The maximum Gasteiger partial charge on any atom is 0.193 e. The fourth-order valence-corrected chi connectivity index (χ4v) is 3.55. The number of hydrogen-bond donors (Lipinski definition) is 1. The predicted octanol–water partition coefficient (Wildman–Crippen LogP) is 5.15. The average Bonchev–Trinajstić information content (AvgIpc) is 2.88. The Balaban J connectivity index is 2.30. The number of furan rings is 1. The molecule has 0 aliphatic rings. The number of rotatable bonds is 5. The number of thiophene rings is 1. The minimum atomic E-state index is 0.0763. The van der Waals surface area contributed by atoms with Gasteiger partial charge in [0.25, 0.3) is 0 Å². The van der Waals surface area contributed by atoms with E-state index in [4.69, 9.17) is 16.0 Å². The molecule has 2 rings (SSSR count). The smallest absolute Gasteiger partial charge is 0.193 e. The van der Waals surface area contributed by atoms with Gasteiger partial charge in [0.1, 0.15) is 11.8 Å². The standard InChI is InChI=1S/C13H15BrClNOS/c1-3-6-16-12(9-4-5-11(15)17-9)10-7-8(2)13(14)18-10/h4-5,7,12,16H,3,6H2,1-2H3. The van der Waals surface area contributed by atoms with E-state index in [9.17, 15) is 0 Å². The molecule has 0 radical (unpaired) electrons. The van der Waals surface area contributed by atoms with Crippen LogP contribution >= 0.6 is 38.9 Å². The summed E-state index contributed by atoms with van der Waals surface area (Å²) in [5.74, 6) is 0.863. The summed E-state index contributed by atoms with van der Waals surface area (Å²) in [5, 5.41) is 3.92. The molecule has 2 heterocycles. The summed E-state index contributed by atoms with van der Waals surface area (Å²) in [4.78, 5) is 1.24. The summed E-state index contributed by atoms with van der Waals surface area (Å²) in [6.07, 6.45) is 1.08. The molecule has 0 aliphatic carbocycles. The van der Waals surface area contributed by atoms with Crippen LogP contribution in [0.2, 0.25) is 5.22 Å². The van der Waals surface area contributed by atoms with Crippen LogP contribution in [0.15, 0.2) is 26.4 Å². The Hall–Kier alpha value is -0.290. The number of hydrogen-bond acceptors (Lipinski definition) is 3. The lowest BCUT2D eigenvalue weighted by Crippen LogP contribution is -2.21. The molecule has 98 valence electrons. The largest absolute Gasteiger partial charge is 0.448 e. The van der Waals surface area contributed by atoms with Crippen molar-refractivity contribution in [3.63, 3.8) is 0 Å². The molecular formula is C13H15BrClNOS. The molecule has 2 nitrogen and oxygen atoms in total. The second-order valence-corrected chi connectivity index (χ2v) is 6.91. The fourth-order valence-electron chi connectivity index (χ4n) is 1.74. The third-order valence-corrected chi connectivity index (χ3v) is 5.04. The second-order valence-electron chi connectivity index (χ2n) is 4.13. The first-order valence-corrected chi connectivity index (χ1v) is 7.85. The van der Waals surface area contributed by atoms with E-state index in [1.54, 1.807) is 17.4 Å². The minimum absolute atomic E-state index is 0.0763. The molecule has 0 aliphatic heterocycles. The molecule has 0 spiro atoms. The molecule has 1 unspecified atom stereocenters. The molecular weight excluding hydrogens is 334 g/mol. The lowest BCUT2D eigenvalue weighted by Gasteiger charge is -2.14. The van der Waals surface area contributed by atoms with Crippen LogP contribution in [0.1, 0.15) is 35.6 Å². The molecule has 0 aromatic carbocycles. The SMILES string of the molecule is CCCNC(c1ccc(Cl)o1)c1cc(C)c(Br)s1. The normalized spacial score (nSPS) is 12.9. The molecule has 1 atom stereocenters. The summed E-state index contributed by atoms with van der Waals surface area (Å²) in [5.41, 5.74) is 1.25. The van der Waals surface area contributed by atoms with Crippen LogP contribution in [0.4, 0.5) is 0 Å². The quantitative estimate of drug-likeness (QED) is 0.808. The van der Waals surface area contributed by atoms with Crippen LogP contribution in [0.5, 0.6) is 0 Å². The van der Waals surface area contributed by atoms with E-state index in [-0.39, 0.29) is 6.04 Å². The molecule has 2 aromatic rings. The van der Waals surface area contributed by atoms with Gasteiger partial charge in [-0.3, -0.25) is 0 Å². The van der Waals surface area contributed by atoms with Crippen molar-refractivity contribution in [3.8, 4) is 0 Å². The Bertz CT molecular complexity index is 503. The first kappa shape index (κ1) is 14.1. The number of aryl methyl sites for hydroxylation is 1. The Morgan fingerprint density at radius 2 is 2.28 bits per heavy atom. The maximum atomic E-state index is 5.86. The third kappa shape index (κ3) is 3.18. The molecule has 0 saturated carbocycles. The molecule has 0 fully saturated rings. The second kappa shape index (κ2) is 6.24. The van der Waals surface area contributed by atoms with E-state index in [0.29, 0.717) is 5.22 Å². The van der Waals surface area contributed by atoms with Crippen molar-refractivity contribution in [1.29, 1.82) is 0 Å². The van der Waals surface area contributed by atoms with Crippen molar-refractivity contribution in [2.45, 2.75) is 26.3 Å². The highest BCUT2D eigenvalue weighted by Crippen LogP contribution is 2.35. The van der Waals surface area contributed by atoms with E-state index in [2.05, 4.69) is 41.2 Å². The molecule has 0 bridgehead atoms. The molecule has 5 heteroatoms. The van der Waals surface area contributed by atoms with Crippen LogP contribution in [0, 0.1) is 6.92 Å². The van der Waals surface area contributed by atoms with Crippen LogP contribution in [-0.2, 0) is 0 Å². The Kier molecular flexibility index (Phi) is 4.90. The highest BCUT2D eigenvalue weighted by atomic mass is 79.9. The van der Waals surface area contributed by atoms with Crippen molar-refractivity contribution in [2.75, 3.05) is 6.54 Å². The van der Waals surface area contributed by atoms with E-state index < -0.39 is 0 Å². The van der Waals surface area contributed by atoms with Gasteiger partial charge in [-0.15, -0.1) is 11.3 Å². The first-order chi connectivity index (χ1) is 8.61. The van der Waals surface area contributed by atoms with Gasteiger partial charge in [-0.2, -0.15) is 0 Å². The Morgan fingerprint density at radius 3 is 2.78 bits per heavy atom. The zero-order valence-electron chi connectivity index (χ0n) is 10.3. The molecule has 1 N–H and O–H groups in total. The zero-order chi connectivity index (χ0) is 13.1. The van der Waals surface area contributed by atoms with Gasteiger partial charge < -0.3 is 9.73 Å². The van der Waals surface area contributed by atoms with E-state index >= 15 is 0 Å². The highest BCUT2D eigenvalue weighted by molar-refractivity contribution is 9.11. The zero-order valence-corrected chi connectivity index (χ0v) is 13.5. The highest BCUT2D eigenvalue weighted by Gasteiger charge is 2.20. The number of nitrogens with one attached hydrogen (secondary N) is 1. The van der Waals surface area contributed by atoms with Gasteiger partial charge in [-0.1, -0.05) is 6.92 Å². The summed E-state index contributed by atoms with van der Waals surface area (Å²) < 4.78 is 6.71. The van der Waals surface area contributed by atoms with Crippen molar-refractivity contribution >= 4 is 38.9 Å². The number of halogens is 2. The molecule has 18 heavy (non-hydrogen) atoms. The average molecular weight is 349 g/mol. The molecule has 0 saturated heterocycles. The van der Waals surface area contributed by atoms with Gasteiger partial charge >= 0.3 is 0 Å². The first-order valence-electron chi connectivity index (χ1n) is 5.86. The van der Waals surface area contributed by atoms with Crippen LogP contribution in [0.3, 0.4) is 0 Å². The molecule has 2 aromatic heterocycles. The van der Waals surface area contributed by atoms with Crippen LogP contribution in [0.25, 0.3) is 0 Å². The summed E-state index contributed by atoms with van der Waals surface area (Å²) in [6, 6.07) is 5.97. The predicted molar refractivity (Wildman–Crippen MR) is 80.6 cm³/mol. The van der Waals surface area contributed by atoms with Crippen LogP contribution in [-0.4, -0.2) is 6.54 Å². The Labute approximate surface area is 124 Å². The van der Waals surface area contributed by atoms with Crippen LogP contribution < -0.4 is 5.32 Å². The van der Waals surface area contributed by atoms with Crippen molar-refractivity contribution in [1.82, 2.24) is 5.32 Å². The van der Waals surface area contributed by atoms with Gasteiger partial charge in [0, 0.05) is 4.88 Å². The van der Waals surface area contributed by atoms with Crippen molar-refractivity contribution < 1.29 is 4.42 Å². The monoisotopic (exact) mass is 347 g/mol. The van der Waals surface area contributed by atoms with Gasteiger partial charge in [0.15, 0.2) is 5.22 Å². The van der Waals surface area contributed by atoms with Gasteiger partial charge in [0.2, 0.25) is 0 Å².